The van der Waals surface area contributed by atoms with Crippen molar-refractivity contribution >= 4 is 27.5 Å². The van der Waals surface area contributed by atoms with Crippen LogP contribution in [0.15, 0.2) is 122 Å². The number of benzene rings is 2. The first-order valence-corrected chi connectivity index (χ1v) is 13.4. The Balaban J connectivity index is 1.31. The zero-order chi connectivity index (χ0) is 27.3. The van der Waals surface area contributed by atoms with E-state index in [2.05, 4.69) is 98.8 Å². The van der Waals surface area contributed by atoms with Gasteiger partial charge in [-0.3, -0.25) is 10.1 Å². The Hall–Kier alpha value is -5.07. The maximum absolute atomic E-state index is 5.06. The number of aromatic nitrogens is 5. The van der Waals surface area contributed by atoms with Crippen LogP contribution in [-0.2, 0) is 6.54 Å². The van der Waals surface area contributed by atoms with Gasteiger partial charge in [-0.15, -0.1) is 0 Å². The molecule has 3 N–H and O–H groups in total. The van der Waals surface area contributed by atoms with Gasteiger partial charge in [0, 0.05) is 41.9 Å². The van der Waals surface area contributed by atoms with Crippen molar-refractivity contribution < 1.29 is 0 Å². The summed E-state index contributed by atoms with van der Waals surface area (Å²) in [6.07, 6.45) is 9.80. The van der Waals surface area contributed by atoms with Gasteiger partial charge in [-0.1, -0.05) is 67.3 Å². The highest BCUT2D eigenvalue weighted by Crippen LogP contribution is 2.33. The van der Waals surface area contributed by atoms with Crippen molar-refractivity contribution in [3.8, 4) is 22.5 Å². The van der Waals surface area contributed by atoms with E-state index in [1.165, 1.54) is 5.56 Å². The summed E-state index contributed by atoms with van der Waals surface area (Å²) in [5, 5.41) is 12.4. The molecule has 6 nitrogen and oxygen atoms in total. The van der Waals surface area contributed by atoms with E-state index in [1.807, 2.05) is 43.5 Å². The first-order chi connectivity index (χ1) is 19.7. The molecule has 4 heterocycles. The molecule has 0 spiro atoms. The Morgan fingerprint density at radius 3 is 2.67 bits per heavy atom. The monoisotopic (exact) mass is 522 g/mol. The number of fused-ring (bicyclic) bond motifs is 2. The van der Waals surface area contributed by atoms with Crippen LogP contribution in [0.4, 0.5) is 0 Å². The summed E-state index contributed by atoms with van der Waals surface area (Å²) < 4.78 is 0. The Kier molecular flexibility index (Phi) is 7.16. The second kappa shape index (κ2) is 11.4. The first-order valence-electron chi connectivity index (χ1n) is 13.4. The third kappa shape index (κ3) is 5.13. The third-order valence-electron chi connectivity index (χ3n) is 7.01. The number of nitrogens with zero attached hydrogens (tertiary/aromatic N) is 3. The summed E-state index contributed by atoms with van der Waals surface area (Å²) in [6.45, 7) is 7.58. The molecule has 0 aliphatic carbocycles. The van der Waals surface area contributed by atoms with E-state index in [4.69, 9.17) is 4.98 Å². The summed E-state index contributed by atoms with van der Waals surface area (Å²) in [5.74, 6) is 0. The predicted molar refractivity (Wildman–Crippen MR) is 164 cm³/mol. The van der Waals surface area contributed by atoms with Crippen LogP contribution in [-0.4, -0.2) is 31.7 Å². The standard InChI is InChI=1S/C34H30N6/c1-3-23(20-36-21-24-10-6-5-7-11-24)18-25(4-2)29-15-16-31-33(38-29)34(40-39-31)32-19-28-27(13-8-14-30(28)37-32)26-12-9-17-35-22-26/h3-19,22,36-37H,1,20-21H2,2H3,(H,39,40)/b23-18+,25-4+. The smallest absolute Gasteiger partial charge is 0.135 e. The molecule has 2 aromatic carbocycles. The van der Waals surface area contributed by atoms with E-state index >= 15 is 0 Å². The van der Waals surface area contributed by atoms with Gasteiger partial charge in [0.25, 0.3) is 0 Å². The summed E-state index contributed by atoms with van der Waals surface area (Å²) in [4.78, 5) is 12.9. The van der Waals surface area contributed by atoms with Gasteiger partial charge in [0.15, 0.2) is 0 Å². The maximum Gasteiger partial charge on any atom is 0.135 e. The number of hydrogen-bond acceptors (Lipinski definition) is 4. The van der Waals surface area contributed by atoms with E-state index in [9.17, 15) is 0 Å². The molecular formula is C34H30N6. The van der Waals surface area contributed by atoms with Crippen LogP contribution < -0.4 is 5.32 Å². The van der Waals surface area contributed by atoms with E-state index in [0.717, 1.165) is 67.8 Å². The quantitative estimate of drug-likeness (QED) is 0.172. The molecule has 4 aromatic heterocycles. The van der Waals surface area contributed by atoms with E-state index < -0.39 is 0 Å². The summed E-state index contributed by atoms with van der Waals surface area (Å²) in [5.41, 5.74) is 10.9. The van der Waals surface area contributed by atoms with E-state index in [-0.39, 0.29) is 0 Å². The number of hydrogen-bond donors (Lipinski definition) is 3. The van der Waals surface area contributed by atoms with Gasteiger partial charge in [-0.2, -0.15) is 5.10 Å². The van der Waals surface area contributed by atoms with Crippen LogP contribution in [0, 0.1) is 0 Å². The average Bonchev–Trinajstić information content (AvgIpc) is 3.63. The van der Waals surface area contributed by atoms with E-state index in [1.54, 1.807) is 6.20 Å². The molecule has 0 aliphatic rings. The molecule has 0 amide bonds. The lowest BCUT2D eigenvalue weighted by Crippen LogP contribution is -2.16. The van der Waals surface area contributed by atoms with Crippen LogP contribution in [0.1, 0.15) is 18.2 Å². The minimum atomic E-state index is 0.712. The van der Waals surface area contributed by atoms with Gasteiger partial charge in [-0.25, -0.2) is 4.98 Å². The van der Waals surface area contributed by atoms with Gasteiger partial charge in [-0.05, 0) is 65.6 Å². The number of rotatable bonds is 9. The number of aromatic amines is 2. The van der Waals surface area contributed by atoms with Crippen LogP contribution >= 0.6 is 0 Å². The van der Waals surface area contributed by atoms with Crippen molar-refractivity contribution in [3.05, 3.63) is 133 Å². The molecule has 0 saturated heterocycles. The SMILES string of the molecule is C=C/C(=C\C(=C/C)c1ccc2[nH]nc(-c3cc4c(-c5cccnc5)cccc4[nH]3)c2n1)CNCc1ccccc1. The lowest BCUT2D eigenvalue weighted by atomic mass is 10.0. The number of nitrogens with one attached hydrogen (secondary N) is 3. The number of allylic oxidation sites excluding steroid dienone is 3. The van der Waals surface area contributed by atoms with Gasteiger partial charge >= 0.3 is 0 Å². The maximum atomic E-state index is 5.06. The molecule has 0 unspecified atom stereocenters. The van der Waals surface area contributed by atoms with Crippen molar-refractivity contribution in [3.63, 3.8) is 0 Å². The minimum Gasteiger partial charge on any atom is -0.353 e. The topological polar surface area (TPSA) is 82.3 Å². The average molecular weight is 523 g/mol. The zero-order valence-electron chi connectivity index (χ0n) is 22.4. The number of H-pyrrole nitrogens is 2. The second-order valence-electron chi connectivity index (χ2n) is 9.61. The fourth-order valence-electron chi connectivity index (χ4n) is 4.94. The fraction of sp³-hybridized carbons (Fsp3) is 0.0882. The largest absolute Gasteiger partial charge is 0.353 e. The zero-order valence-corrected chi connectivity index (χ0v) is 22.4. The highest BCUT2D eigenvalue weighted by Gasteiger charge is 2.15. The molecule has 196 valence electrons. The van der Waals surface area contributed by atoms with Crippen molar-refractivity contribution in [2.24, 2.45) is 0 Å². The predicted octanol–water partition coefficient (Wildman–Crippen LogP) is 7.47. The van der Waals surface area contributed by atoms with E-state index in [0.29, 0.717) is 6.54 Å². The van der Waals surface area contributed by atoms with Crippen molar-refractivity contribution in [2.75, 3.05) is 6.54 Å². The molecule has 6 aromatic rings. The molecule has 0 atom stereocenters. The molecule has 0 fully saturated rings. The summed E-state index contributed by atoms with van der Waals surface area (Å²) in [7, 11) is 0. The molecule has 0 saturated carbocycles. The van der Waals surface area contributed by atoms with Crippen LogP contribution in [0.25, 0.3) is 50.0 Å². The van der Waals surface area contributed by atoms with Gasteiger partial charge in [0.05, 0.1) is 16.9 Å². The van der Waals surface area contributed by atoms with Crippen LogP contribution in [0.2, 0.25) is 0 Å². The van der Waals surface area contributed by atoms with Gasteiger partial charge in [0.2, 0.25) is 0 Å². The third-order valence-corrected chi connectivity index (χ3v) is 7.01. The summed E-state index contributed by atoms with van der Waals surface area (Å²) in [6, 6.07) is 26.9. The Labute approximate surface area is 233 Å². The number of pyridine rings is 2. The normalized spacial score (nSPS) is 12.3. The summed E-state index contributed by atoms with van der Waals surface area (Å²) >= 11 is 0. The van der Waals surface area contributed by atoms with Gasteiger partial charge < -0.3 is 10.3 Å². The second-order valence-corrected chi connectivity index (χ2v) is 9.61. The van der Waals surface area contributed by atoms with Gasteiger partial charge in [0.1, 0.15) is 11.2 Å². The highest BCUT2D eigenvalue weighted by atomic mass is 15.1. The van der Waals surface area contributed by atoms with Crippen molar-refractivity contribution in [2.45, 2.75) is 13.5 Å². The Morgan fingerprint density at radius 1 is 0.975 bits per heavy atom. The van der Waals surface area contributed by atoms with Crippen LogP contribution in [0.3, 0.4) is 0 Å². The minimum absolute atomic E-state index is 0.712. The lowest BCUT2D eigenvalue weighted by Gasteiger charge is -2.08. The molecule has 40 heavy (non-hydrogen) atoms. The van der Waals surface area contributed by atoms with Crippen molar-refractivity contribution in [1.82, 2.24) is 30.5 Å². The Bertz CT molecular complexity index is 1840. The van der Waals surface area contributed by atoms with Crippen molar-refractivity contribution in [1.29, 1.82) is 0 Å². The Morgan fingerprint density at radius 2 is 1.88 bits per heavy atom. The molecule has 0 radical (unpaired) electrons. The highest BCUT2D eigenvalue weighted by molar-refractivity contribution is 6.00. The fourth-order valence-corrected chi connectivity index (χ4v) is 4.94. The van der Waals surface area contributed by atoms with Crippen LogP contribution in [0.5, 0.6) is 0 Å². The first kappa shape index (κ1) is 25.2. The molecule has 6 heteroatoms. The molecular weight excluding hydrogens is 492 g/mol. The molecule has 0 aliphatic heterocycles. The lowest BCUT2D eigenvalue weighted by molar-refractivity contribution is 0.747. The molecule has 6 rings (SSSR count). The molecule has 0 bridgehead atoms.